The molecule has 1 saturated heterocycles. The Morgan fingerprint density at radius 1 is 1.29 bits per heavy atom. The maximum Gasteiger partial charge on any atom is 0.323 e. The number of piperidine rings is 1. The molecule has 35 heavy (non-hydrogen) atoms. The number of nitrogens with zero attached hydrogens (tertiary/aromatic N) is 3. The highest BCUT2D eigenvalue weighted by molar-refractivity contribution is 7.22. The Morgan fingerprint density at radius 3 is 2.80 bits per heavy atom. The predicted molar refractivity (Wildman–Crippen MR) is 142 cm³/mol. The van der Waals surface area contributed by atoms with E-state index in [0.717, 1.165) is 36.5 Å². The summed E-state index contributed by atoms with van der Waals surface area (Å²) < 4.78 is 14.5. The molecule has 0 radical (unpaired) electrons. The molecule has 2 aliphatic rings. The zero-order valence-corrected chi connectivity index (χ0v) is 21.9. The smallest absolute Gasteiger partial charge is 0.322 e. The third-order valence-electron chi connectivity index (χ3n) is 8.11. The number of fused-ring (bicyclic) bond motifs is 1. The van der Waals surface area contributed by atoms with E-state index in [9.17, 15) is 9.18 Å². The Bertz CT molecular complexity index is 1220. The fourth-order valence-electron chi connectivity index (χ4n) is 6.04. The van der Waals surface area contributed by atoms with E-state index in [1.54, 1.807) is 6.07 Å². The molecule has 3 aromatic rings. The zero-order chi connectivity index (χ0) is 24.7. The van der Waals surface area contributed by atoms with Crippen LogP contribution in [-0.4, -0.2) is 53.0 Å². The van der Waals surface area contributed by atoms with Crippen molar-refractivity contribution in [2.75, 3.05) is 25.5 Å². The van der Waals surface area contributed by atoms with Crippen LogP contribution in [0.1, 0.15) is 51.2 Å². The minimum atomic E-state index is -0.324. The second-order valence-corrected chi connectivity index (χ2v) is 11.5. The van der Waals surface area contributed by atoms with Gasteiger partial charge in [-0.05, 0) is 68.3 Å². The van der Waals surface area contributed by atoms with Crippen LogP contribution in [0.25, 0.3) is 10.2 Å². The molecule has 0 spiro atoms. The van der Waals surface area contributed by atoms with E-state index in [1.807, 2.05) is 11.9 Å². The number of hydrogen-bond acceptors (Lipinski definition) is 4. The summed E-state index contributed by atoms with van der Waals surface area (Å²) in [7, 11) is 1.91. The first kappa shape index (κ1) is 24.2. The van der Waals surface area contributed by atoms with Crippen molar-refractivity contribution < 1.29 is 9.18 Å². The molecule has 1 unspecified atom stereocenters. The second-order valence-electron chi connectivity index (χ2n) is 10.5. The number of hydrogen-bond donors (Lipinski definition) is 1. The number of benzene rings is 2. The first-order valence-electron chi connectivity index (χ1n) is 12.7. The Hall–Kier alpha value is -2.51. The van der Waals surface area contributed by atoms with Gasteiger partial charge in [0, 0.05) is 31.1 Å². The summed E-state index contributed by atoms with van der Waals surface area (Å²) in [6.07, 6.45) is 4.61. The molecule has 0 bridgehead atoms. The SMILES string of the molecule is CCc1ccccc1[C@@]1(C)CCN(CC2CC2)C(C)[C@H]1N(C)C(=O)Nc1nc2cc(F)ccc2s1. The maximum absolute atomic E-state index is 13.6. The van der Waals surface area contributed by atoms with Crippen molar-refractivity contribution >= 4 is 32.7 Å². The van der Waals surface area contributed by atoms with Gasteiger partial charge < -0.3 is 4.90 Å². The molecular weight excluding hydrogens is 459 g/mol. The molecule has 186 valence electrons. The topological polar surface area (TPSA) is 48.5 Å². The number of thiazole rings is 1. The molecule has 1 N–H and O–H groups in total. The molecule has 2 heterocycles. The first-order chi connectivity index (χ1) is 16.8. The largest absolute Gasteiger partial charge is 0.323 e. The summed E-state index contributed by atoms with van der Waals surface area (Å²) in [4.78, 5) is 22.5. The molecule has 1 aliphatic heterocycles. The number of anilines is 1. The van der Waals surface area contributed by atoms with Crippen LogP contribution in [0.4, 0.5) is 14.3 Å². The van der Waals surface area contributed by atoms with Gasteiger partial charge >= 0.3 is 6.03 Å². The summed E-state index contributed by atoms with van der Waals surface area (Å²) in [6.45, 7) is 8.98. The average Bonchev–Trinajstić information content (AvgIpc) is 3.58. The Balaban J connectivity index is 1.46. The van der Waals surface area contributed by atoms with Crippen LogP contribution in [0.3, 0.4) is 0 Å². The lowest BCUT2D eigenvalue weighted by atomic mass is 9.66. The van der Waals surface area contributed by atoms with E-state index < -0.39 is 0 Å². The summed E-state index contributed by atoms with van der Waals surface area (Å²) in [5, 5.41) is 3.50. The number of carbonyl (C=O) groups excluding carboxylic acids is 1. The number of nitrogens with one attached hydrogen (secondary N) is 1. The number of halogens is 1. The van der Waals surface area contributed by atoms with E-state index in [4.69, 9.17) is 0 Å². The number of likely N-dealkylation sites (tertiary alicyclic amines) is 1. The number of aromatic nitrogens is 1. The molecule has 2 amide bonds. The minimum Gasteiger partial charge on any atom is -0.322 e. The second kappa shape index (κ2) is 9.51. The van der Waals surface area contributed by atoms with Crippen LogP contribution in [0, 0.1) is 11.7 Å². The van der Waals surface area contributed by atoms with Crippen LogP contribution in [0.15, 0.2) is 42.5 Å². The van der Waals surface area contributed by atoms with Gasteiger partial charge in [-0.15, -0.1) is 0 Å². The summed E-state index contributed by atoms with van der Waals surface area (Å²) in [5.74, 6) is 0.475. The molecule has 1 aromatic heterocycles. The Kier molecular flexibility index (Phi) is 6.57. The van der Waals surface area contributed by atoms with Gasteiger partial charge in [0.15, 0.2) is 5.13 Å². The third kappa shape index (κ3) is 4.68. The molecule has 7 heteroatoms. The van der Waals surface area contributed by atoms with Crippen molar-refractivity contribution in [3.63, 3.8) is 0 Å². The summed E-state index contributed by atoms with van der Waals surface area (Å²) >= 11 is 1.37. The summed E-state index contributed by atoms with van der Waals surface area (Å²) in [6, 6.07) is 13.3. The normalized spacial score (nSPS) is 25.1. The minimum absolute atomic E-state index is 0.00507. The van der Waals surface area contributed by atoms with Crippen LogP contribution in [0.2, 0.25) is 0 Å². The highest BCUT2D eigenvalue weighted by Crippen LogP contribution is 2.43. The van der Waals surface area contributed by atoms with Crippen LogP contribution in [-0.2, 0) is 11.8 Å². The van der Waals surface area contributed by atoms with Gasteiger partial charge in [-0.3, -0.25) is 10.2 Å². The number of likely N-dealkylation sites (N-methyl/N-ethyl adjacent to an activating group) is 1. The number of aryl methyl sites for hydroxylation is 1. The first-order valence-corrected chi connectivity index (χ1v) is 13.5. The molecule has 3 atom stereocenters. The quantitative estimate of drug-likeness (QED) is 0.438. The van der Waals surface area contributed by atoms with Crippen LogP contribution >= 0.6 is 11.3 Å². The van der Waals surface area contributed by atoms with E-state index >= 15 is 0 Å². The molecular formula is C28H35FN4OS. The van der Waals surface area contributed by atoms with Gasteiger partial charge in [0.1, 0.15) is 5.82 Å². The molecule has 2 fully saturated rings. The molecule has 1 saturated carbocycles. The van der Waals surface area contributed by atoms with Crippen molar-refractivity contribution in [2.45, 2.75) is 64.0 Å². The molecule has 5 rings (SSSR count). The number of amides is 2. The lowest BCUT2D eigenvalue weighted by Crippen LogP contribution is -2.65. The highest BCUT2D eigenvalue weighted by Gasteiger charge is 2.49. The van der Waals surface area contributed by atoms with Crippen molar-refractivity contribution in [2.24, 2.45) is 5.92 Å². The maximum atomic E-state index is 13.6. The standard InChI is InChI=1S/C28H35FN4OS/c1-5-20-8-6-7-9-22(20)28(3)14-15-33(17-19-10-11-19)18(2)25(28)32(4)27(34)31-26-30-23-16-21(29)12-13-24(23)35-26/h6-9,12-13,16,18-19,25H,5,10-11,14-15,17H2,1-4H3,(H,30,31,34)/t18?,25-,28-/m1/s1. The van der Waals surface area contributed by atoms with Crippen molar-refractivity contribution in [1.82, 2.24) is 14.8 Å². The Morgan fingerprint density at radius 2 is 2.06 bits per heavy atom. The lowest BCUT2D eigenvalue weighted by Gasteiger charge is -2.54. The molecule has 1 aliphatic carbocycles. The Labute approximate surface area is 211 Å². The van der Waals surface area contributed by atoms with Gasteiger partial charge in [0.05, 0.1) is 16.3 Å². The van der Waals surface area contributed by atoms with Crippen molar-refractivity contribution in [3.05, 3.63) is 59.4 Å². The number of rotatable bonds is 6. The van der Waals surface area contributed by atoms with Gasteiger partial charge in [-0.25, -0.2) is 14.2 Å². The molecule has 5 nitrogen and oxygen atoms in total. The van der Waals surface area contributed by atoms with E-state index in [-0.39, 0.29) is 29.3 Å². The third-order valence-corrected chi connectivity index (χ3v) is 9.06. The zero-order valence-electron chi connectivity index (χ0n) is 21.1. The van der Waals surface area contributed by atoms with Crippen molar-refractivity contribution in [1.29, 1.82) is 0 Å². The van der Waals surface area contributed by atoms with Crippen LogP contribution in [0.5, 0.6) is 0 Å². The predicted octanol–water partition coefficient (Wildman–Crippen LogP) is 6.29. The lowest BCUT2D eigenvalue weighted by molar-refractivity contribution is 0.0223. The van der Waals surface area contributed by atoms with Gasteiger partial charge in [-0.2, -0.15) is 0 Å². The van der Waals surface area contributed by atoms with Gasteiger partial charge in [-0.1, -0.05) is 49.4 Å². The van der Waals surface area contributed by atoms with E-state index in [2.05, 4.69) is 60.2 Å². The average molecular weight is 495 g/mol. The number of carbonyl (C=O) groups is 1. The van der Waals surface area contributed by atoms with Crippen molar-refractivity contribution in [3.8, 4) is 0 Å². The van der Waals surface area contributed by atoms with E-state index in [0.29, 0.717) is 10.6 Å². The summed E-state index contributed by atoms with van der Waals surface area (Å²) in [5.41, 5.74) is 3.09. The fraction of sp³-hybridized carbons (Fsp3) is 0.500. The number of urea groups is 1. The van der Waals surface area contributed by atoms with Gasteiger partial charge in [0.25, 0.3) is 0 Å². The van der Waals surface area contributed by atoms with E-state index in [1.165, 1.54) is 47.4 Å². The highest BCUT2D eigenvalue weighted by atomic mass is 32.1. The van der Waals surface area contributed by atoms with Gasteiger partial charge in [0.2, 0.25) is 0 Å². The molecule has 2 aromatic carbocycles. The van der Waals surface area contributed by atoms with Crippen LogP contribution < -0.4 is 5.32 Å². The monoisotopic (exact) mass is 494 g/mol. The fourth-order valence-corrected chi connectivity index (χ4v) is 6.88.